The van der Waals surface area contributed by atoms with Crippen LogP contribution < -0.4 is 15.4 Å². The van der Waals surface area contributed by atoms with Gasteiger partial charge in [0.1, 0.15) is 0 Å². The third-order valence-electron chi connectivity index (χ3n) is 3.10. The van der Waals surface area contributed by atoms with Gasteiger partial charge in [0, 0.05) is 12.6 Å². The second-order valence-corrected chi connectivity index (χ2v) is 6.69. The average Bonchev–Trinajstić information content (AvgIpc) is 2.38. The topological polar surface area (TPSA) is 87.3 Å². The van der Waals surface area contributed by atoms with E-state index in [4.69, 9.17) is 0 Å². The average molecular weight is 297 g/mol. The fraction of sp³-hybridized carbons (Fsp3) is 0.462. The molecule has 1 aromatic rings. The van der Waals surface area contributed by atoms with E-state index in [2.05, 4.69) is 15.4 Å². The Hall–Kier alpha value is -1.60. The molecule has 1 fully saturated rings. The highest BCUT2D eigenvalue weighted by Gasteiger charge is 2.19. The summed E-state index contributed by atoms with van der Waals surface area (Å²) in [6, 6.07) is 6.67. The normalized spacial score (nSPS) is 19.4. The van der Waals surface area contributed by atoms with Crippen LogP contribution in [-0.4, -0.2) is 39.7 Å². The Morgan fingerprint density at radius 1 is 1.35 bits per heavy atom. The zero-order valence-electron chi connectivity index (χ0n) is 11.3. The molecule has 2 rings (SSSR count). The van der Waals surface area contributed by atoms with Crippen LogP contribution in [0.1, 0.15) is 23.2 Å². The molecule has 0 aromatic heterocycles. The summed E-state index contributed by atoms with van der Waals surface area (Å²) in [7, 11) is -3.41. The number of sulfonamides is 1. The zero-order chi connectivity index (χ0) is 14.6. The summed E-state index contributed by atoms with van der Waals surface area (Å²) in [5.74, 6) is -0.259. The predicted octanol–water partition coefficient (Wildman–Crippen LogP) is 0.540. The molecule has 7 heteroatoms. The number of para-hydroxylation sites is 1. The third kappa shape index (κ3) is 4.21. The Morgan fingerprint density at radius 2 is 2.10 bits per heavy atom. The quantitative estimate of drug-likeness (QED) is 0.757. The van der Waals surface area contributed by atoms with E-state index in [1.165, 1.54) is 0 Å². The van der Waals surface area contributed by atoms with Crippen LogP contribution in [0.2, 0.25) is 0 Å². The Bertz CT molecular complexity index is 580. The van der Waals surface area contributed by atoms with Crippen LogP contribution in [0, 0.1) is 0 Å². The van der Waals surface area contributed by atoms with Crippen molar-refractivity contribution < 1.29 is 13.2 Å². The lowest BCUT2D eigenvalue weighted by atomic mass is 10.1. The van der Waals surface area contributed by atoms with Crippen molar-refractivity contribution in [3.05, 3.63) is 29.8 Å². The molecule has 0 unspecified atom stereocenters. The van der Waals surface area contributed by atoms with E-state index < -0.39 is 10.0 Å². The molecule has 20 heavy (non-hydrogen) atoms. The first-order valence-corrected chi connectivity index (χ1v) is 8.43. The van der Waals surface area contributed by atoms with Crippen LogP contribution in [0.5, 0.6) is 0 Å². The monoisotopic (exact) mass is 297 g/mol. The maximum absolute atomic E-state index is 12.2. The van der Waals surface area contributed by atoms with Crippen molar-refractivity contribution in [3.63, 3.8) is 0 Å². The maximum Gasteiger partial charge on any atom is 0.253 e. The highest BCUT2D eigenvalue weighted by atomic mass is 32.2. The van der Waals surface area contributed by atoms with Crippen molar-refractivity contribution in [1.29, 1.82) is 0 Å². The maximum atomic E-state index is 12.2. The van der Waals surface area contributed by atoms with Crippen LogP contribution in [-0.2, 0) is 10.0 Å². The van der Waals surface area contributed by atoms with E-state index in [1.54, 1.807) is 24.3 Å². The summed E-state index contributed by atoms with van der Waals surface area (Å²) in [5.41, 5.74) is 0.639. The molecule has 0 spiro atoms. The van der Waals surface area contributed by atoms with Crippen molar-refractivity contribution in [2.75, 3.05) is 24.1 Å². The molecule has 0 aliphatic carbocycles. The minimum atomic E-state index is -3.41. The van der Waals surface area contributed by atoms with Gasteiger partial charge in [0.25, 0.3) is 5.91 Å². The minimum absolute atomic E-state index is 0.0857. The lowest BCUT2D eigenvalue weighted by Crippen LogP contribution is -2.45. The van der Waals surface area contributed by atoms with Gasteiger partial charge >= 0.3 is 0 Å². The number of amides is 1. The zero-order valence-corrected chi connectivity index (χ0v) is 12.2. The molecule has 1 aliphatic rings. The molecule has 1 heterocycles. The first-order chi connectivity index (χ1) is 9.46. The Balaban J connectivity index is 2.12. The van der Waals surface area contributed by atoms with E-state index in [0.29, 0.717) is 11.3 Å². The van der Waals surface area contributed by atoms with Gasteiger partial charge in [0.05, 0.1) is 17.5 Å². The predicted molar refractivity (Wildman–Crippen MR) is 78.3 cm³/mol. The van der Waals surface area contributed by atoms with Gasteiger partial charge in [-0.2, -0.15) is 0 Å². The van der Waals surface area contributed by atoms with E-state index in [1.807, 2.05) is 0 Å². The van der Waals surface area contributed by atoms with Gasteiger partial charge in [-0.25, -0.2) is 8.42 Å². The molecule has 0 bridgehead atoms. The Morgan fingerprint density at radius 3 is 2.75 bits per heavy atom. The van der Waals surface area contributed by atoms with Crippen LogP contribution >= 0.6 is 0 Å². The number of hydrogen-bond acceptors (Lipinski definition) is 4. The minimum Gasteiger partial charge on any atom is -0.348 e. The molecule has 1 aromatic carbocycles. The fourth-order valence-corrected chi connectivity index (χ4v) is 2.79. The first kappa shape index (κ1) is 14.8. The van der Waals surface area contributed by atoms with Crippen molar-refractivity contribution in [3.8, 4) is 0 Å². The first-order valence-electron chi connectivity index (χ1n) is 6.54. The van der Waals surface area contributed by atoms with Crippen molar-refractivity contribution >= 4 is 21.6 Å². The molecule has 6 nitrogen and oxygen atoms in total. The summed E-state index contributed by atoms with van der Waals surface area (Å²) < 4.78 is 25.0. The van der Waals surface area contributed by atoms with Crippen molar-refractivity contribution in [1.82, 2.24) is 10.6 Å². The third-order valence-corrected chi connectivity index (χ3v) is 3.69. The number of piperidine rings is 1. The lowest BCUT2D eigenvalue weighted by molar-refractivity contribution is 0.0931. The summed E-state index contributed by atoms with van der Waals surface area (Å²) in [4.78, 5) is 12.2. The number of nitrogens with one attached hydrogen (secondary N) is 3. The molecule has 1 aliphatic heterocycles. The molecular formula is C13H19N3O3S. The van der Waals surface area contributed by atoms with Gasteiger partial charge in [-0.3, -0.25) is 9.52 Å². The standard InChI is InChI=1S/C13H19N3O3S/c1-20(18,19)16-12-7-3-2-6-11(12)13(17)15-10-5-4-8-14-9-10/h2-3,6-7,10,14,16H,4-5,8-9H2,1H3,(H,15,17)/t10-/m0/s1. The highest BCUT2D eigenvalue weighted by molar-refractivity contribution is 7.92. The number of carbonyl (C=O) groups is 1. The van der Waals surface area contributed by atoms with Gasteiger partial charge in [0.15, 0.2) is 0 Å². The molecule has 110 valence electrons. The summed E-state index contributed by atoms with van der Waals surface area (Å²) in [6.07, 6.45) is 3.02. The summed E-state index contributed by atoms with van der Waals surface area (Å²) >= 11 is 0. The molecule has 0 saturated carbocycles. The summed E-state index contributed by atoms with van der Waals surface area (Å²) in [6.45, 7) is 1.71. The molecule has 1 amide bonds. The van der Waals surface area contributed by atoms with Crippen molar-refractivity contribution in [2.24, 2.45) is 0 Å². The number of rotatable bonds is 4. The largest absolute Gasteiger partial charge is 0.348 e. The molecule has 0 radical (unpaired) electrons. The smallest absolute Gasteiger partial charge is 0.253 e. The van der Waals surface area contributed by atoms with Gasteiger partial charge < -0.3 is 10.6 Å². The van der Waals surface area contributed by atoms with E-state index in [9.17, 15) is 13.2 Å². The van der Waals surface area contributed by atoms with Gasteiger partial charge in [-0.15, -0.1) is 0 Å². The van der Waals surface area contributed by atoms with Gasteiger partial charge in [0.2, 0.25) is 10.0 Å². The molecular weight excluding hydrogens is 278 g/mol. The molecule has 3 N–H and O–H groups in total. The fourth-order valence-electron chi connectivity index (χ4n) is 2.21. The van der Waals surface area contributed by atoms with Crippen LogP contribution in [0.25, 0.3) is 0 Å². The number of carbonyl (C=O) groups excluding carboxylic acids is 1. The van der Waals surface area contributed by atoms with E-state index >= 15 is 0 Å². The van der Waals surface area contributed by atoms with Crippen LogP contribution in [0.4, 0.5) is 5.69 Å². The highest BCUT2D eigenvalue weighted by Crippen LogP contribution is 2.16. The van der Waals surface area contributed by atoms with Crippen LogP contribution in [0.3, 0.4) is 0 Å². The Labute approximate surface area is 119 Å². The molecule has 1 atom stereocenters. The lowest BCUT2D eigenvalue weighted by Gasteiger charge is -2.24. The van der Waals surface area contributed by atoms with Gasteiger partial charge in [-0.1, -0.05) is 12.1 Å². The molecule has 1 saturated heterocycles. The van der Waals surface area contributed by atoms with E-state index in [-0.39, 0.29) is 11.9 Å². The number of hydrogen-bond donors (Lipinski definition) is 3. The van der Waals surface area contributed by atoms with Gasteiger partial charge in [-0.05, 0) is 31.5 Å². The number of benzene rings is 1. The second kappa shape index (κ2) is 6.23. The Kier molecular flexibility index (Phi) is 4.61. The van der Waals surface area contributed by atoms with Crippen molar-refractivity contribution in [2.45, 2.75) is 18.9 Å². The number of anilines is 1. The van der Waals surface area contributed by atoms with Crippen LogP contribution in [0.15, 0.2) is 24.3 Å². The second-order valence-electron chi connectivity index (χ2n) is 4.94. The SMILES string of the molecule is CS(=O)(=O)Nc1ccccc1C(=O)N[C@H]1CCCNC1. The van der Waals surface area contributed by atoms with E-state index in [0.717, 1.165) is 32.2 Å². The summed E-state index contributed by atoms with van der Waals surface area (Å²) in [5, 5.41) is 6.14.